The largest absolute Gasteiger partial charge is 0.465 e. The minimum Gasteiger partial charge on any atom is -0.465 e. The molecule has 112 valence electrons. The Balaban J connectivity index is 2.24. The molecule has 1 heterocycles. The van der Waals surface area contributed by atoms with Crippen LogP contribution < -0.4 is 5.73 Å². The van der Waals surface area contributed by atoms with Gasteiger partial charge in [0.05, 0.1) is 12.3 Å². The van der Waals surface area contributed by atoms with Gasteiger partial charge in [0, 0.05) is 24.4 Å². The van der Waals surface area contributed by atoms with Crippen molar-refractivity contribution in [3.63, 3.8) is 0 Å². The van der Waals surface area contributed by atoms with E-state index in [-0.39, 0.29) is 18.7 Å². The Hall–Kier alpha value is -2.21. The first-order valence-corrected chi connectivity index (χ1v) is 6.56. The normalized spacial score (nSPS) is 12.2. The zero-order chi connectivity index (χ0) is 15.4. The molecule has 1 aromatic carbocycles. The maximum Gasteiger partial charge on any atom is 0.323 e. The van der Waals surface area contributed by atoms with E-state index < -0.39 is 23.6 Å². The summed E-state index contributed by atoms with van der Waals surface area (Å²) in [6.07, 6.45) is 1.83. The number of aromatic nitrogens is 1. The van der Waals surface area contributed by atoms with Crippen LogP contribution in [-0.4, -0.2) is 23.2 Å². The van der Waals surface area contributed by atoms with Gasteiger partial charge >= 0.3 is 5.97 Å². The lowest BCUT2D eigenvalue weighted by atomic mass is 10.1. The van der Waals surface area contributed by atoms with Gasteiger partial charge in [0.25, 0.3) is 0 Å². The zero-order valence-corrected chi connectivity index (χ0v) is 11.6. The Bertz CT molecular complexity index is 640. The molecular weight excluding hydrogens is 278 g/mol. The SMILES string of the molecule is CCOC(=O)C(N)Cc1cccn1-c1ccc(F)cc1F. The summed E-state index contributed by atoms with van der Waals surface area (Å²) in [5, 5.41) is 0. The average molecular weight is 294 g/mol. The predicted molar refractivity (Wildman–Crippen MR) is 74.0 cm³/mol. The van der Waals surface area contributed by atoms with Crippen LogP contribution in [0.15, 0.2) is 36.5 Å². The molecule has 0 saturated carbocycles. The molecule has 4 nitrogen and oxygen atoms in total. The summed E-state index contributed by atoms with van der Waals surface area (Å²) >= 11 is 0. The molecule has 1 atom stereocenters. The Labute approximate surface area is 121 Å². The summed E-state index contributed by atoms with van der Waals surface area (Å²) < 4.78 is 33.2. The molecule has 0 saturated heterocycles. The first kappa shape index (κ1) is 15.2. The highest BCUT2D eigenvalue weighted by Crippen LogP contribution is 2.18. The van der Waals surface area contributed by atoms with E-state index in [4.69, 9.17) is 10.5 Å². The fraction of sp³-hybridized carbons (Fsp3) is 0.267. The Morgan fingerprint density at radius 3 is 2.81 bits per heavy atom. The molecule has 2 rings (SSSR count). The molecule has 0 amide bonds. The summed E-state index contributed by atoms with van der Waals surface area (Å²) in [6.45, 7) is 1.95. The molecular formula is C15H16F2N2O2. The summed E-state index contributed by atoms with van der Waals surface area (Å²) in [6, 6.07) is 5.92. The van der Waals surface area contributed by atoms with Crippen molar-refractivity contribution < 1.29 is 18.3 Å². The van der Waals surface area contributed by atoms with Crippen LogP contribution in [0.2, 0.25) is 0 Å². The lowest BCUT2D eigenvalue weighted by Crippen LogP contribution is -2.35. The fourth-order valence-electron chi connectivity index (χ4n) is 2.05. The van der Waals surface area contributed by atoms with Crippen LogP contribution in [-0.2, 0) is 16.0 Å². The van der Waals surface area contributed by atoms with E-state index in [1.54, 1.807) is 25.3 Å². The minimum absolute atomic E-state index is 0.197. The second kappa shape index (κ2) is 6.49. The molecule has 0 fully saturated rings. The van der Waals surface area contributed by atoms with Gasteiger partial charge in [0.15, 0.2) is 0 Å². The standard InChI is InChI=1S/C15H16F2N2O2/c1-2-21-15(20)13(18)9-11-4-3-7-19(11)14-6-5-10(16)8-12(14)17/h3-8,13H,2,9,18H2,1H3. The number of nitrogens with two attached hydrogens (primary N) is 1. The third kappa shape index (κ3) is 3.46. The average Bonchev–Trinajstić information content (AvgIpc) is 2.87. The van der Waals surface area contributed by atoms with E-state index in [0.717, 1.165) is 6.07 Å². The quantitative estimate of drug-likeness (QED) is 0.860. The van der Waals surface area contributed by atoms with Gasteiger partial charge in [-0.15, -0.1) is 0 Å². The summed E-state index contributed by atoms with van der Waals surface area (Å²) in [5.74, 6) is -1.84. The highest BCUT2D eigenvalue weighted by Gasteiger charge is 2.18. The van der Waals surface area contributed by atoms with E-state index in [9.17, 15) is 13.6 Å². The van der Waals surface area contributed by atoms with Gasteiger partial charge in [-0.05, 0) is 31.2 Å². The van der Waals surface area contributed by atoms with Crippen LogP contribution in [0.25, 0.3) is 5.69 Å². The van der Waals surface area contributed by atoms with E-state index in [2.05, 4.69) is 0 Å². The minimum atomic E-state index is -0.831. The number of carbonyl (C=O) groups excluding carboxylic acids is 1. The van der Waals surface area contributed by atoms with Crippen molar-refractivity contribution >= 4 is 5.97 Å². The summed E-state index contributed by atoms with van der Waals surface area (Å²) in [7, 11) is 0. The van der Waals surface area contributed by atoms with Crippen LogP contribution in [0.1, 0.15) is 12.6 Å². The van der Waals surface area contributed by atoms with Gasteiger partial charge < -0.3 is 15.0 Å². The number of nitrogens with zero attached hydrogens (tertiary/aromatic N) is 1. The van der Waals surface area contributed by atoms with Gasteiger partial charge in [0.2, 0.25) is 0 Å². The summed E-state index contributed by atoms with van der Waals surface area (Å²) in [5.41, 5.74) is 6.60. The summed E-state index contributed by atoms with van der Waals surface area (Å²) in [4.78, 5) is 11.5. The van der Waals surface area contributed by atoms with Crippen LogP contribution in [0.4, 0.5) is 8.78 Å². The highest BCUT2D eigenvalue weighted by molar-refractivity contribution is 5.75. The first-order chi connectivity index (χ1) is 10.0. The van der Waals surface area contributed by atoms with Crippen molar-refractivity contribution in [2.24, 2.45) is 5.73 Å². The Morgan fingerprint density at radius 2 is 2.14 bits per heavy atom. The highest BCUT2D eigenvalue weighted by atomic mass is 19.1. The van der Waals surface area contributed by atoms with Gasteiger partial charge in [-0.3, -0.25) is 4.79 Å². The van der Waals surface area contributed by atoms with Crippen LogP contribution in [0, 0.1) is 11.6 Å². The molecule has 1 aromatic heterocycles. The van der Waals surface area contributed by atoms with Crippen molar-refractivity contribution in [2.45, 2.75) is 19.4 Å². The van der Waals surface area contributed by atoms with Crippen molar-refractivity contribution in [3.8, 4) is 5.69 Å². The molecule has 2 aromatic rings. The second-order valence-corrected chi connectivity index (χ2v) is 4.53. The molecule has 0 spiro atoms. The molecule has 0 aliphatic rings. The topological polar surface area (TPSA) is 57.2 Å². The third-order valence-electron chi connectivity index (χ3n) is 3.02. The van der Waals surface area contributed by atoms with Crippen LogP contribution in [0.5, 0.6) is 0 Å². The number of hydrogen-bond donors (Lipinski definition) is 1. The van der Waals surface area contributed by atoms with Crippen molar-refractivity contribution in [1.29, 1.82) is 0 Å². The molecule has 0 bridgehead atoms. The number of halogens is 2. The monoisotopic (exact) mass is 294 g/mol. The number of esters is 1. The van der Waals surface area contributed by atoms with Crippen molar-refractivity contribution in [3.05, 3.63) is 53.9 Å². The molecule has 6 heteroatoms. The van der Waals surface area contributed by atoms with E-state index in [1.807, 2.05) is 0 Å². The smallest absolute Gasteiger partial charge is 0.323 e. The molecule has 0 radical (unpaired) electrons. The molecule has 2 N–H and O–H groups in total. The van der Waals surface area contributed by atoms with Crippen LogP contribution in [0.3, 0.4) is 0 Å². The van der Waals surface area contributed by atoms with Gasteiger partial charge in [-0.25, -0.2) is 8.78 Å². The molecule has 0 aliphatic heterocycles. The van der Waals surface area contributed by atoms with Crippen molar-refractivity contribution in [1.82, 2.24) is 4.57 Å². The number of rotatable bonds is 5. The van der Waals surface area contributed by atoms with Crippen LogP contribution >= 0.6 is 0 Å². The fourth-order valence-corrected chi connectivity index (χ4v) is 2.05. The number of ether oxygens (including phenoxy) is 1. The molecule has 1 unspecified atom stereocenters. The Morgan fingerprint density at radius 1 is 1.38 bits per heavy atom. The Kier molecular flexibility index (Phi) is 4.70. The van der Waals surface area contributed by atoms with Gasteiger partial charge in [-0.2, -0.15) is 0 Å². The molecule has 0 aliphatic carbocycles. The predicted octanol–water partition coefficient (Wildman–Crippen LogP) is 2.19. The van der Waals surface area contributed by atoms with Gasteiger partial charge in [-0.1, -0.05) is 0 Å². The van der Waals surface area contributed by atoms with Crippen molar-refractivity contribution in [2.75, 3.05) is 6.61 Å². The lowest BCUT2D eigenvalue weighted by Gasteiger charge is -2.14. The zero-order valence-electron chi connectivity index (χ0n) is 11.6. The number of carbonyl (C=O) groups is 1. The number of benzene rings is 1. The third-order valence-corrected chi connectivity index (χ3v) is 3.02. The maximum atomic E-state index is 13.8. The van der Waals surface area contributed by atoms with Gasteiger partial charge in [0.1, 0.15) is 17.7 Å². The maximum absolute atomic E-state index is 13.8. The first-order valence-electron chi connectivity index (χ1n) is 6.56. The lowest BCUT2D eigenvalue weighted by molar-refractivity contribution is -0.144. The van der Waals surface area contributed by atoms with E-state index in [0.29, 0.717) is 5.69 Å². The number of hydrogen-bond acceptors (Lipinski definition) is 3. The molecule has 21 heavy (non-hydrogen) atoms. The van der Waals surface area contributed by atoms with E-state index >= 15 is 0 Å². The second-order valence-electron chi connectivity index (χ2n) is 4.53. The van der Waals surface area contributed by atoms with E-state index in [1.165, 1.54) is 16.7 Å².